The summed E-state index contributed by atoms with van der Waals surface area (Å²) in [5.41, 5.74) is 3.43. The molecule has 0 aliphatic heterocycles. The molecule has 4 heteroatoms. The molecule has 1 aliphatic rings. The quantitative estimate of drug-likeness (QED) is 0.588. The molecule has 0 N–H and O–H groups in total. The minimum Gasteiger partial charge on any atom is -0.463 e. The number of thiazole rings is 1. The molecule has 0 bridgehead atoms. The van der Waals surface area contributed by atoms with E-state index in [1.54, 1.807) is 17.6 Å². The van der Waals surface area contributed by atoms with Crippen LogP contribution in [0.3, 0.4) is 0 Å². The van der Waals surface area contributed by atoms with Crippen LogP contribution in [0.5, 0.6) is 0 Å². The Morgan fingerprint density at radius 2 is 1.88 bits per heavy atom. The third kappa shape index (κ3) is 3.11. The summed E-state index contributed by atoms with van der Waals surface area (Å²) in [6.07, 6.45) is 8.15. The number of aromatic nitrogens is 1. The van der Waals surface area contributed by atoms with E-state index in [4.69, 9.17) is 9.41 Å². The van der Waals surface area contributed by atoms with Crippen molar-refractivity contribution in [2.24, 2.45) is 4.99 Å². The zero-order chi connectivity index (χ0) is 16.4. The molecule has 124 valence electrons. The van der Waals surface area contributed by atoms with E-state index in [2.05, 4.69) is 41.1 Å². The second-order valence-corrected chi connectivity index (χ2v) is 7.33. The van der Waals surface area contributed by atoms with Crippen LogP contribution in [0.2, 0.25) is 0 Å². The van der Waals surface area contributed by atoms with Crippen molar-refractivity contribution in [2.45, 2.75) is 45.1 Å². The van der Waals surface area contributed by atoms with Crippen molar-refractivity contribution in [2.75, 3.05) is 0 Å². The Balaban J connectivity index is 1.83. The van der Waals surface area contributed by atoms with Crippen LogP contribution in [0.25, 0.3) is 11.5 Å². The first-order chi connectivity index (χ1) is 11.8. The first-order valence-electron chi connectivity index (χ1n) is 8.66. The van der Waals surface area contributed by atoms with E-state index in [1.807, 2.05) is 12.1 Å². The minimum absolute atomic E-state index is 0.522. The molecular formula is C20H22N2OS. The Bertz CT molecular complexity index is 850. The molecule has 0 atom stereocenters. The number of aryl methyl sites for hydroxylation is 1. The summed E-state index contributed by atoms with van der Waals surface area (Å²) in [4.78, 5) is 5.99. The topological polar surface area (TPSA) is 30.4 Å². The maximum absolute atomic E-state index is 5.67. The van der Waals surface area contributed by atoms with E-state index in [1.165, 1.54) is 37.7 Å². The Kier molecular flexibility index (Phi) is 4.39. The average Bonchev–Trinajstić information content (AvgIpc) is 3.27. The van der Waals surface area contributed by atoms with Gasteiger partial charge in [0.15, 0.2) is 10.6 Å². The summed E-state index contributed by atoms with van der Waals surface area (Å²) < 4.78 is 8.08. The van der Waals surface area contributed by atoms with Crippen LogP contribution in [0.4, 0.5) is 5.69 Å². The zero-order valence-corrected chi connectivity index (χ0v) is 14.8. The van der Waals surface area contributed by atoms with Crippen LogP contribution in [0.1, 0.15) is 43.7 Å². The van der Waals surface area contributed by atoms with Gasteiger partial charge in [0.05, 0.1) is 17.6 Å². The number of nitrogens with zero attached hydrogens (tertiary/aromatic N) is 2. The van der Waals surface area contributed by atoms with Gasteiger partial charge in [0, 0.05) is 11.4 Å². The Morgan fingerprint density at radius 3 is 2.58 bits per heavy atom. The van der Waals surface area contributed by atoms with Crippen molar-refractivity contribution >= 4 is 17.0 Å². The molecule has 1 aliphatic carbocycles. The number of hydrogen-bond donors (Lipinski definition) is 0. The molecule has 0 spiro atoms. The SMILES string of the molecule is Cc1ccc(N=c2scc(-c3ccco3)n2C2CCCCC2)cc1. The highest BCUT2D eigenvalue weighted by Crippen LogP contribution is 2.32. The van der Waals surface area contributed by atoms with Gasteiger partial charge in [0.1, 0.15) is 0 Å². The second kappa shape index (κ2) is 6.81. The van der Waals surface area contributed by atoms with Crippen molar-refractivity contribution in [3.8, 4) is 11.5 Å². The van der Waals surface area contributed by atoms with Crippen LogP contribution in [0, 0.1) is 6.92 Å². The van der Waals surface area contributed by atoms with Gasteiger partial charge in [-0.05, 0) is 44.0 Å². The van der Waals surface area contributed by atoms with Crippen LogP contribution in [-0.4, -0.2) is 4.57 Å². The maximum Gasteiger partial charge on any atom is 0.190 e. The van der Waals surface area contributed by atoms with E-state index in [-0.39, 0.29) is 0 Å². The largest absolute Gasteiger partial charge is 0.463 e. The first-order valence-corrected chi connectivity index (χ1v) is 9.54. The van der Waals surface area contributed by atoms with E-state index in [9.17, 15) is 0 Å². The third-order valence-corrected chi connectivity index (χ3v) is 5.55. The van der Waals surface area contributed by atoms with Crippen molar-refractivity contribution in [3.05, 3.63) is 58.4 Å². The summed E-state index contributed by atoms with van der Waals surface area (Å²) in [7, 11) is 0. The highest BCUT2D eigenvalue weighted by atomic mass is 32.1. The van der Waals surface area contributed by atoms with Crippen LogP contribution in [-0.2, 0) is 0 Å². The fraction of sp³-hybridized carbons (Fsp3) is 0.350. The lowest BCUT2D eigenvalue weighted by molar-refractivity contribution is 0.349. The van der Waals surface area contributed by atoms with Gasteiger partial charge in [0.25, 0.3) is 0 Å². The van der Waals surface area contributed by atoms with Crippen LogP contribution < -0.4 is 4.80 Å². The van der Waals surface area contributed by atoms with Crippen LogP contribution in [0.15, 0.2) is 57.5 Å². The Hall–Kier alpha value is -2.07. The second-order valence-electron chi connectivity index (χ2n) is 6.49. The molecule has 2 heterocycles. The third-order valence-electron chi connectivity index (χ3n) is 4.71. The Labute approximate surface area is 146 Å². The maximum atomic E-state index is 5.67. The first kappa shape index (κ1) is 15.5. The summed E-state index contributed by atoms with van der Waals surface area (Å²) in [6.45, 7) is 2.10. The van der Waals surface area contributed by atoms with E-state index in [0.717, 1.165) is 21.9 Å². The van der Waals surface area contributed by atoms with Crippen molar-refractivity contribution in [1.29, 1.82) is 0 Å². The predicted octanol–water partition coefficient (Wildman–Crippen LogP) is 5.86. The number of rotatable bonds is 3. The molecule has 2 aromatic heterocycles. The van der Waals surface area contributed by atoms with Gasteiger partial charge in [-0.1, -0.05) is 37.0 Å². The molecule has 0 amide bonds. The van der Waals surface area contributed by atoms with Gasteiger partial charge in [-0.2, -0.15) is 0 Å². The van der Waals surface area contributed by atoms with Gasteiger partial charge in [0.2, 0.25) is 0 Å². The summed E-state index contributed by atoms with van der Waals surface area (Å²) in [5, 5.41) is 2.18. The molecule has 1 aromatic carbocycles. The van der Waals surface area contributed by atoms with Crippen LogP contribution >= 0.6 is 11.3 Å². The molecular weight excluding hydrogens is 316 g/mol. The molecule has 1 saturated carbocycles. The fourth-order valence-electron chi connectivity index (χ4n) is 3.43. The smallest absolute Gasteiger partial charge is 0.190 e. The van der Waals surface area contributed by atoms with Crippen molar-refractivity contribution < 1.29 is 4.42 Å². The molecule has 1 fully saturated rings. The van der Waals surface area contributed by atoms with E-state index < -0.39 is 0 Å². The lowest BCUT2D eigenvalue weighted by Crippen LogP contribution is -2.23. The highest BCUT2D eigenvalue weighted by Gasteiger charge is 2.21. The molecule has 0 radical (unpaired) electrons. The number of benzene rings is 1. The van der Waals surface area contributed by atoms with Crippen molar-refractivity contribution in [3.63, 3.8) is 0 Å². The minimum atomic E-state index is 0.522. The van der Waals surface area contributed by atoms with Gasteiger partial charge in [-0.25, -0.2) is 4.99 Å². The van der Waals surface area contributed by atoms with E-state index in [0.29, 0.717) is 6.04 Å². The average molecular weight is 338 g/mol. The Morgan fingerprint density at radius 1 is 1.08 bits per heavy atom. The van der Waals surface area contributed by atoms with Gasteiger partial charge < -0.3 is 8.98 Å². The van der Waals surface area contributed by atoms with Gasteiger partial charge in [-0.3, -0.25) is 0 Å². The van der Waals surface area contributed by atoms with Gasteiger partial charge in [-0.15, -0.1) is 11.3 Å². The molecule has 3 aromatic rings. The summed E-state index contributed by atoms with van der Waals surface area (Å²) in [6, 6.07) is 12.9. The highest BCUT2D eigenvalue weighted by molar-refractivity contribution is 7.07. The molecule has 24 heavy (non-hydrogen) atoms. The number of furan rings is 1. The number of hydrogen-bond acceptors (Lipinski definition) is 3. The van der Waals surface area contributed by atoms with E-state index >= 15 is 0 Å². The molecule has 0 saturated heterocycles. The lowest BCUT2D eigenvalue weighted by atomic mass is 9.95. The lowest BCUT2D eigenvalue weighted by Gasteiger charge is -2.24. The molecule has 4 rings (SSSR count). The molecule has 3 nitrogen and oxygen atoms in total. The zero-order valence-electron chi connectivity index (χ0n) is 13.9. The molecule has 0 unspecified atom stereocenters. The summed E-state index contributed by atoms with van der Waals surface area (Å²) >= 11 is 1.70. The summed E-state index contributed by atoms with van der Waals surface area (Å²) in [5.74, 6) is 0.933. The predicted molar refractivity (Wildman–Crippen MR) is 98.5 cm³/mol. The standard InChI is InChI=1S/C20H22N2OS/c1-15-9-11-16(12-10-15)21-20-22(17-6-3-2-4-7-17)18(14-24-20)19-8-5-13-23-19/h5,8-14,17H,2-4,6-7H2,1H3. The van der Waals surface area contributed by atoms with Crippen molar-refractivity contribution in [1.82, 2.24) is 4.57 Å². The monoisotopic (exact) mass is 338 g/mol. The fourth-order valence-corrected chi connectivity index (χ4v) is 4.39. The normalized spacial score (nSPS) is 16.6. The van der Waals surface area contributed by atoms with Gasteiger partial charge >= 0.3 is 0 Å².